The molecule has 2 N–H and O–H groups in total. The average molecular weight is 690 g/mol. The molecule has 0 saturated heterocycles. The van der Waals surface area contributed by atoms with Crippen molar-refractivity contribution in [3.8, 4) is 0 Å². The molecule has 0 rings (SSSR count). The molecular weight excluding hydrogens is 617 g/mol. The number of rotatable bonds is 36. The van der Waals surface area contributed by atoms with Crippen LogP contribution in [-0.2, 0) is 32.7 Å². The fraction of sp³-hybridized carbons (Fsp3) is 0.892. The molecule has 47 heavy (non-hydrogen) atoms. The quantitative estimate of drug-likeness (QED) is 0.0286. The molecule has 0 aliphatic rings. The summed E-state index contributed by atoms with van der Waals surface area (Å²) in [7, 11) is -2.64. The van der Waals surface area contributed by atoms with Crippen LogP contribution in [0.4, 0.5) is 0 Å². The first kappa shape index (κ1) is 45.8. The number of ether oxygens (including phenoxy) is 2. The summed E-state index contributed by atoms with van der Waals surface area (Å²) in [6, 6.07) is 0. The molecule has 0 spiro atoms. The van der Waals surface area contributed by atoms with Crippen LogP contribution in [0.3, 0.4) is 0 Å². The summed E-state index contributed by atoms with van der Waals surface area (Å²) in [5.74, 6) is -0.813. The van der Waals surface area contributed by atoms with Crippen LogP contribution in [-0.4, -0.2) is 56.3 Å². The highest BCUT2D eigenvalue weighted by molar-refractivity contribution is 7.47. The van der Waals surface area contributed by atoms with E-state index in [9.17, 15) is 19.0 Å². The first-order valence-corrected chi connectivity index (χ1v) is 20.6. The van der Waals surface area contributed by atoms with E-state index >= 15 is 0 Å². The SMILES string of the molecule is CCCCCC/C=C\CCCCCCCC(=O)OC(COC(=O)CCCCCCCCCCCCCC)COP(=O)(O)OCCNC. The first-order valence-electron chi connectivity index (χ1n) is 19.1. The van der Waals surface area contributed by atoms with Crippen LogP contribution >= 0.6 is 7.82 Å². The maximum absolute atomic E-state index is 12.5. The molecule has 0 aliphatic heterocycles. The van der Waals surface area contributed by atoms with Crippen molar-refractivity contribution in [1.29, 1.82) is 0 Å². The van der Waals surface area contributed by atoms with Crippen LogP contribution in [0.15, 0.2) is 12.2 Å². The molecule has 0 aromatic rings. The van der Waals surface area contributed by atoms with Crippen molar-refractivity contribution >= 4 is 19.8 Å². The average Bonchev–Trinajstić information content (AvgIpc) is 3.05. The molecule has 0 heterocycles. The van der Waals surface area contributed by atoms with Gasteiger partial charge in [0.25, 0.3) is 0 Å². The number of allylic oxidation sites excluding steroid dienone is 2. The minimum absolute atomic E-state index is 0.0158. The van der Waals surface area contributed by atoms with Gasteiger partial charge in [0.2, 0.25) is 0 Å². The molecule has 0 radical (unpaired) electrons. The van der Waals surface area contributed by atoms with E-state index in [1.165, 1.54) is 89.9 Å². The second kappa shape index (κ2) is 34.6. The number of phosphoric acid groups is 1. The third-order valence-corrected chi connectivity index (χ3v) is 9.12. The molecule has 0 amide bonds. The molecule has 2 atom stereocenters. The van der Waals surface area contributed by atoms with Gasteiger partial charge in [0.1, 0.15) is 6.61 Å². The fourth-order valence-corrected chi connectivity index (χ4v) is 5.94. The van der Waals surface area contributed by atoms with Crippen molar-refractivity contribution in [2.45, 2.75) is 180 Å². The Labute approximate surface area is 288 Å². The van der Waals surface area contributed by atoms with Gasteiger partial charge in [-0.2, -0.15) is 0 Å². The highest BCUT2D eigenvalue weighted by Crippen LogP contribution is 2.43. The zero-order chi connectivity index (χ0) is 34.7. The van der Waals surface area contributed by atoms with E-state index in [4.69, 9.17) is 18.5 Å². The van der Waals surface area contributed by atoms with Gasteiger partial charge >= 0.3 is 19.8 Å². The normalized spacial score (nSPS) is 13.5. The lowest BCUT2D eigenvalue weighted by Crippen LogP contribution is -2.29. The van der Waals surface area contributed by atoms with Crippen LogP contribution in [0.1, 0.15) is 174 Å². The minimum Gasteiger partial charge on any atom is -0.462 e. The highest BCUT2D eigenvalue weighted by Gasteiger charge is 2.26. The van der Waals surface area contributed by atoms with Gasteiger partial charge in [-0.3, -0.25) is 18.6 Å². The molecule has 0 fully saturated rings. The van der Waals surface area contributed by atoms with Crippen LogP contribution in [0.2, 0.25) is 0 Å². The summed E-state index contributed by atoms with van der Waals surface area (Å²) in [4.78, 5) is 34.8. The number of likely N-dealkylation sites (N-methyl/N-ethyl adjacent to an activating group) is 1. The zero-order valence-corrected chi connectivity index (χ0v) is 31.4. The number of nitrogens with one attached hydrogen (secondary N) is 1. The second-order valence-electron chi connectivity index (χ2n) is 12.8. The summed E-state index contributed by atoms with van der Waals surface area (Å²) < 4.78 is 33.0. The van der Waals surface area contributed by atoms with Crippen LogP contribution in [0.25, 0.3) is 0 Å². The summed E-state index contributed by atoms with van der Waals surface area (Å²) in [6.45, 7) is 4.19. The highest BCUT2D eigenvalue weighted by atomic mass is 31.2. The summed E-state index contributed by atoms with van der Waals surface area (Å²) >= 11 is 0. The Morgan fingerprint density at radius 2 is 1.09 bits per heavy atom. The lowest BCUT2D eigenvalue weighted by atomic mass is 10.0. The van der Waals surface area contributed by atoms with Gasteiger partial charge in [-0.25, -0.2) is 4.57 Å². The van der Waals surface area contributed by atoms with Gasteiger partial charge in [-0.1, -0.05) is 135 Å². The molecule has 0 saturated carbocycles. The number of phosphoric ester groups is 1. The predicted octanol–water partition coefficient (Wildman–Crippen LogP) is 10.1. The first-order chi connectivity index (χ1) is 22.8. The Morgan fingerprint density at radius 1 is 0.638 bits per heavy atom. The molecular formula is C37H72NO8P. The standard InChI is InChI=1S/C37H72NO8P/c1-4-6-8-10-12-14-16-18-20-22-24-26-28-30-37(40)46-35(34-45-47(41,42)44-32-31-38-3)33-43-36(39)29-27-25-23-21-19-17-15-13-11-9-7-5-2/h14,16,35,38H,4-13,15,17-34H2,1-3H3,(H,41,42)/b16-14-. The predicted molar refractivity (Wildman–Crippen MR) is 192 cm³/mol. The lowest BCUT2D eigenvalue weighted by molar-refractivity contribution is -0.161. The fourth-order valence-electron chi connectivity index (χ4n) is 5.19. The molecule has 2 unspecified atom stereocenters. The van der Waals surface area contributed by atoms with Crippen molar-refractivity contribution in [3.63, 3.8) is 0 Å². The summed E-state index contributed by atoms with van der Waals surface area (Å²) in [6.07, 6.45) is 31.1. The van der Waals surface area contributed by atoms with E-state index in [0.717, 1.165) is 51.4 Å². The van der Waals surface area contributed by atoms with E-state index in [1.54, 1.807) is 7.05 Å². The van der Waals surface area contributed by atoms with Crippen LogP contribution < -0.4 is 5.32 Å². The van der Waals surface area contributed by atoms with E-state index in [1.807, 2.05) is 0 Å². The Hall–Kier alpha value is -1.25. The molecule has 9 nitrogen and oxygen atoms in total. The maximum Gasteiger partial charge on any atom is 0.472 e. The van der Waals surface area contributed by atoms with Crippen LogP contribution in [0.5, 0.6) is 0 Å². The van der Waals surface area contributed by atoms with E-state index in [2.05, 4.69) is 31.3 Å². The number of carbonyl (C=O) groups excluding carboxylic acids is 2. The van der Waals surface area contributed by atoms with Crippen molar-refractivity contribution in [2.24, 2.45) is 0 Å². The van der Waals surface area contributed by atoms with E-state index in [0.29, 0.717) is 19.4 Å². The summed E-state index contributed by atoms with van der Waals surface area (Å²) in [5.41, 5.74) is 0. The molecule has 10 heteroatoms. The smallest absolute Gasteiger partial charge is 0.462 e. The van der Waals surface area contributed by atoms with Gasteiger partial charge in [0.15, 0.2) is 6.10 Å². The molecule has 0 aliphatic carbocycles. The molecule has 0 aromatic carbocycles. The van der Waals surface area contributed by atoms with Crippen molar-refractivity contribution in [2.75, 3.05) is 33.4 Å². The van der Waals surface area contributed by atoms with Gasteiger partial charge < -0.3 is 19.7 Å². The number of hydrogen-bond donors (Lipinski definition) is 2. The Kier molecular flexibility index (Phi) is 33.7. The minimum atomic E-state index is -4.34. The van der Waals surface area contributed by atoms with Gasteiger partial charge in [-0.05, 0) is 45.6 Å². The van der Waals surface area contributed by atoms with Gasteiger partial charge in [-0.15, -0.1) is 0 Å². The largest absolute Gasteiger partial charge is 0.472 e. The molecule has 0 bridgehead atoms. The third-order valence-electron chi connectivity index (χ3n) is 8.14. The molecule has 0 aromatic heterocycles. The van der Waals surface area contributed by atoms with Crippen molar-refractivity contribution in [3.05, 3.63) is 12.2 Å². The Bertz CT molecular complexity index is 794. The number of carbonyl (C=O) groups is 2. The van der Waals surface area contributed by atoms with Gasteiger partial charge in [0.05, 0.1) is 13.2 Å². The Morgan fingerprint density at radius 3 is 1.60 bits per heavy atom. The van der Waals surface area contributed by atoms with Gasteiger partial charge in [0, 0.05) is 19.4 Å². The number of hydrogen-bond acceptors (Lipinski definition) is 8. The van der Waals surface area contributed by atoms with Crippen LogP contribution in [0, 0.1) is 0 Å². The summed E-state index contributed by atoms with van der Waals surface area (Å²) in [5, 5.41) is 2.82. The third kappa shape index (κ3) is 34.4. The molecule has 278 valence electrons. The monoisotopic (exact) mass is 689 g/mol. The van der Waals surface area contributed by atoms with E-state index < -0.39 is 26.5 Å². The maximum atomic E-state index is 12.5. The topological polar surface area (TPSA) is 120 Å². The number of esters is 2. The number of unbranched alkanes of at least 4 members (excludes halogenated alkanes) is 20. The lowest BCUT2D eigenvalue weighted by Gasteiger charge is -2.20. The zero-order valence-electron chi connectivity index (χ0n) is 30.5. The van der Waals surface area contributed by atoms with Crippen molar-refractivity contribution < 1.29 is 37.6 Å². The second-order valence-corrected chi connectivity index (χ2v) is 14.2. The van der Waals surface area contributed by atoms with E-state index in [-0.39, 0.29) is 25.6 Å². The Balaban J connectivity index is 4.30. The van der Waals surface area contributed by atoms with Crippen molar-refractivity contribution in [1.82, 2.24) is 5.32 Å².